The smallest absolute Gasteiger partial charge is 0.0468 e. The largest absolute Gasteiger partial charge is 0.290 e. The summed E-state index contributed by atoms with van der Waals surface area (Å²) < 4.78 is 0. The summed E-state index contributed by atoms with van der Waals surface area (Å²) in [5, 5.41) is 0. The minimum absolute atomic E-state index is 0.468. The van der Waals surface area contributed by atoms with Crippen molar-refractivity contribution in [1.82, 2.24) is 0 Å². The van der Waals surface area contributed by atoms with Crippen LogP contribution in [-0.4, -0.2) is 12.3 Å². The number of hydrogen-bond acceptors (Lipinski definition) is 1. The van der Waals surface area contributed by atoms with E-state index >= 15 is 0 Å². The zero-order valence-electron chi connectivity index (χ0n) is 8.80. The second-order valence-corrected chi connectivity index (χ2v) is 3.27. The number of nitrogens with zero attached hydrogens (tertiary/aromatic N) is 1. The second kappa shape index (κ2) is 7.08. The van der Waals surface area contributed by atoms with Crippen LogP contribution in [0.2, 0.25) is 0 Å². The van der Waals surface area contributed by atoms with Gasteiger partial charge in [0.05, 0.1) is 0 Å². The lowest BCUT2D eigenvalue weighted by Crippen LogP contribution is -1.94. The molecule has 0 aromatic carbocycles. The highest BCUT2D eigenvalue weighted by Gasteiger charge is 1.90. The van der Waals surface area contributed by atoms with E-state index in [4.69, 9.17) is 0 Å². The van der Waals surface area contributed by atoms with Gasteiger partial charge in [-0.15, -0.1) is 0 Å². The summed E-state index contributed by atoms with van der Waals surface area (Å²) in [6.45, 7) is 8.60. The zero-order chi connectivity index (χ0) is 9.40. The molecule has 0 rings (SSSR count). The van der Waals surface area contributed by atoms with E-state index in [1.807, 2.05) is 6.21 Å². The maximum absolute atomic E-state index is 4.40. The molecule has 1 atom stereocenters. The van der Waals surface area contributed by atoms with E-state index < -0.39 is 0 Å². The Labute approximate surface area is 76.6 Å². The van der Waals surface area contributed by atoms with Gasteiger partial charge in [-0.2, -0.15) is 0 Å². The summed E-state index contributed by atoms with van der Waals surface area (Å²) in [4.78, 5) is 4.40. The summed E-state index contributed by atoms with van der Waals surface area (Å²) in [6.07, 6.45) is 7.74. The average molecular weight is 167 g/mol. The highest BCUT2D eigenvalue weighted by Crippen LogP contribution is 1.98. The maximum atomic E-state index is 4.40. The molecule has 0 aromatic heterocycles. The fourth-order valence-electron chi connectivity index (χ4n) is 0.775. The third-order valence-corrected chi connectivity index (χ3v) is 1.88. The van der Waals surface area contributed by atoms with Gasteiger partial charge in [0.15, 0.2) is 0 Å². The standard InChI is InChI=1S/C11H21N/c1-5-7-8-10(3)9-12-11(4)6-2/h8-9,11H,5-7H2,1-4H3. The zero-order valence-corrected chi connectivity index (χ0v) is 8.80. The Morgan fingerprint density at radius 3 is 2.58 bits per heavy atom. The van der Waals surface area contributed by atoms with Gasteiger partial charge in [-0.3, -0.25) is 4.99 Å². The van der Waals surface area contributed by atoms with E-state index in [0.717, 1.165) is 6.42 Å². The van der Waals surface area contributed by atoms with Gasteiger partial charge in [0.2, 0.25) is 0 Å². The number of rotatable bonds is 5. The molecule has 1 unspecified atom stereocenters. The molecular formula is C11H21N. The molecule has 0 saturated carbocycles. The van der Waals surface area contributed by atoms with E-state index in [1.54, 1.807) is 0 Å². The summed E-state index contributed by atoms with van der Waals surface area (Å²) in [5.74, 6) is 0. The first kappa shape index (κ1) is 11.4. The van der Waals surface area contributed by atoms with Gasteiger partial charge >= 0.3 is 0 Å². The fourth-order valence-corrected chi connectivity index (χ4v) is 0.775. The Balaban J connectivity index is 3.81. The van der Waals surface area contributed by atoms with Crippen molar-refractivity contribution >= 4 is 6.21 Å². The molecule has 0 aromatic rings. The predicted molar refractivity (Wildman–Crippen MR) is 56.9 cm³/mol. The van der Waals surface area contributed by atoms with E-state index in [9.17, 15) is 0 Å². The monoisotopic (exact) mass is 167 g/mol. The fraction of sp³-hybridized carbons (Fsp3) is 0.727. The van der Waals surface area contributed by atoms with Crippen LogP contribution in [0.5, 0.6) is 0 Å². The van der Waals surface area contributed by atoms with Crippen LogP contribution in [0.3, 0.4) is 0 Å². The number of allylic oxidation sites excluding steroid dienone is 2. The molecule has 0 fully saturated rings. The molecule has 0 aliphatic carbocycles. The topological polar surface area (TPSA) is 12.4 Å². The van der Waals surface area contributed by atoms with Gasteiger partial charge in [0.25, 0.3) is 0 Å². The highest BCUT2D eigenvalue weighted by atomic mass is 14.7. The molecule has 0 spiro atoms. The lowest BCUT2D eigenvalue weighted by Gasteiger charge is -1.99. The molecule has 0 aliphatic rings. The molecule has 1 nitrogen and oxygen atoms in total. The van der Waals surface area contributed by atoms with Gasteiger partial charge in [-0.05, 0) is 32.3 Å². The number of unbranched alkanes of at least 4 members (excludes halogenated alkanes) is 1. The molecule has 0 radical (unpaired) electrons. The summed E-state index contributed by atoms with van der Waals surface area (Å²) in [5.41, 5.74) is 1.29. The van der Waals surface area contributed by atoms with E-state index in [2.05, 4.69) is 38.8 Å². The van der Waals surface area contributed by atoms with Crippen LogP contribution >= 0.6 is 0 Å². The number of aliphatic imine (C=N–C) groups is 1. The van der Waals surface area contributed by atoms with Gasteiger partial charge in [-0.1, -0.05) is 26.3 Å². The van der Waals surface area contributed by atoms with E-state index in [-0.39, 0.29) is 0 Å². The Kier molecular flexibility index (Phi) is 6.73. The summed E-state index contributed by atoms with van der Waals surface area (Å²) >= 11 is 0. The van der Waals surface area contributed by atoms with Crippen LogP contribution in [0, 0.1) is 0 Å². The average Bonchev–Trinajstić information content (AvgIpc) is 2.10. The first-order valence-electron chi connectivity index (χ1n) is 4.90. The number of hydrogen-bond donors (Lipinski definition) is 0. The van der Waals surface area contributed by atoms with Gasteiger partial charge in [0, 0.05) is 12.3 Å². The molecule has 70 valence electrons. The van der Waals surface area contributed by atoms with Crippen molar-refractivity contribution < 1.29 is 0 Å². The lowest BCUT2D eigenvalue weighted by molar-refractivity contribution is 0.720. The summed E-state index contributed by atoms with van der Waals surface area (Å²) in [7, 11) is 0. The minimum Gasteiger partial charge on any atom is -0.290 e. The van der Waals surface area contributed by atoms with Crippen molar-refractivity contribution in [2.24, 2.45) is 4.99 Å². The molecule has 0 aliphatic heterocycles. The Morgan fingerprint density at radius 1 is 1.42 bits per heavy atom. The van der Waals surface area contributed by atoms with Gasteiger partial charge < -0.3 is 0 Å². The molecule has 0 N–H and O–H groups in total. The van der Waals surface area contributed by atoms with Crippen molar-refractivity contribution in [2.45, 2.75) is 53.0 Å². The van der Waals surface area contributed by atoms with Crippen LogP contribution in [-0.2, 0) is 0 Å². The first-order valence-corrected chi connectivity index (χ1v) is 4.90. The van der Waals surface area contributed by atoms with Crippen molar-refractivity contribution in [3.8, 4) is 0 Å². The van der Waals surface area contributed by atoms with Crippen LogP contribution in [0.15, 0.2) is 16.6 Å². The van der Waals surface area contributed by atoms with Crippen molar-refractivity contribution in [3.05, 3.63) is 11.6 Å². The minimum atomic E-state index is 0.468. The van der Waals surface area contributed by atoms with Crippen molar-refractivity contribution in [1.29, 1.82) is 0 Å². The highest BCUT2D eigenvalue weighted by molar-refractivity contribution is 5.77. The normalized spacial score (nSPS) is 15.5. The molecule has 0 saturated heterocycles. The molecule has 12 heavy (non-hydrogen) atoms. The molecule has 0 bridgehead atoms. The Bertz CT molecular complexity index is 156. The molecule has 0 amide bonds. The molecular weight excluding hydrogens is 146 g/mol. The predicted octanol–water partition coefficient (Wildman–Crippen LogP) is 3.60. The summed E-state index contributed by atoms with van der Waals surface area (Å²) in [6, 6.07) is 0.468. The van der Waals surface area contributed by atoms with Gasteiger partial charge in [-0.25, -0.2) is 0 Å². The first-order chi connectivity index (χ1) is 5.70. The SMILES string of the molecule is CCCC=C(C)C=NC(C)CC. The van der Waals surface area contributed by atoms with Crippen LogP contribution in [0.4, 0.5) is 0 Å². The quantitative estimate of drug-likeness (QED) is 0.555. The van der Waals surface area contributed by atoms with E-state index in [0.29, 0.717) is 6.04 Å². The molecule has 1 heteroatoms. The third kappa shape index (κ3) is 6.14. The van der Waals surface area contributed by atoms with Crippen LogP contribution < -0.4 is 0 Å². The van der Waals surface area contributed by atoms with Gasteiger partial charge in [0.1, 0.15) is 0 Å². The molecule has 0 heterocycles. The second-order valence-electron chi connectivity index (χ2n) is 3.27. The maximum Gasteiger partial charge on any atom is 0.0468 e. The van der Waals surface area contributed by atoms with Crippen LogP contribution in [0.25, 0.3) is 0 Å². The Hall–Kier alpha value is -0.590. The third-order valence-electron chi connectivity index (χ3n) is 1.88. The van der Waals surface area contributed by atoms with Crippen molar-refractivity contribution in [2.75, 3.05) is 0 Å². The van der Waals surface area contributed by atoms with E-state index in [1.165, 1.54) is 18.4 Å². The lowest BCUT2D eigenvalue weighted by atomic mass is 10.2. The Morgan fingerprint density at radius 2 is 2.08 bits per heavy atom. The van der Waals surface area contributed by atoms with Crippen LogP contribution in [0.1, 0.15) is 47.0 Å². The van der Waals surface area contributed by atoms with Crippen molar-refractivity contribution in [3.63, 3.8) is 0 Å².